The molecular formula is C18H15IO4. The van der Waals surface area contributed by atoms with E-state index in [-0.39, 0.29) is 40.1 Å². The molecule has 1 aliphatic carbocycles. The molecule has 5 heteroatoms. The standard InChI is InChI=1S/C18H15IO4/c1-8(2)23-12-6-4-5-10-13(12)17(21)14-11(16(10)20)7-9(3)15(19)18(14)22/h4-8,22H,1-3H3. The monoisotopic (exact) mass is 422 g/mol. The Morgan fingerprint density at radius 2 is 1.78 bits per heavy atom. The molecule has 0 saturated carbocycles. The summed E-state index contributed by atoms with van der Waals surface area (Å²) in [5, 5.41) is 10.4. The van der Waals surface area contributed by atoms with Crippen molar-refractivity contribution in [3.05, 3.63) is 55.7 Å². The van der Waals surface area contributed by atoms with Gasteiger partial charge in [-0.05, 0) is 61.1 Å². The number of ketones is 2. The number of ether oxygens (including phenoxy) is 1. The summed E-state index contributed by atoms with van der Waals surface area (Å²) in [5.41, 5.74) is 1.63. The molecule has 0 fully saturated rings. The number of hydrogen-bond acceptors (Lipinski definition) is 4. The Morgan fingerprint density at radius 1 is 1.09 bits per heavy atom. The van der Waals surface area contributed by atoms with Crippen LogP contribution in [0.2, 0.25) is 0 Å². The molecular weight excluding hydrogens is 407 g/mol. The molecule has 0 atom stereocenters. The van der Waals surface area contributed by atoms with Gasteiger partial charge >= 0.3 is 0 Å². The molecule has 2 aromatic carbocycles. The van der Waals surface area contributed by atoms with Gasteiger partial charge in [0, 0.05) is 11.1 Å². The van der Waals surface area contributed by atoms with Crippen molar-refractivity contribution in [2.75, 3.05) is 0 Å². The average Bonchev–Trinajstić information content (AvgIpc) is 2.49. The highest BCUT2D eigenvalue weighted by Gasteiger charge is 2.35. The van der Waals surface area contributed by atoms with Crippen LogP contribution >= 0.6 is 22.6 Å². The number of aryl methyl sites for hydroxylation is 1. The van der Waals surface area contributed by atoms with Crippen LogP contribution in [0, 0.1) is 10.5 Å². The summed E-state index contributed by atoms with van der Waals surface area (Å²) >= 11 is 1.98. The summed E-state index contributed by atoms with van der Waals surface area (Å²) in [4.78, 5) is 25.7. The zero-order chi connectivity index (χ0) is 16.9. The number of carbonyl (C=O) groups is 2. The van der Waals surface area contributed by atoms with Gasteiger partial charge < -0.3 is 9.84 Å². The number of hydrogen-bond donors (Lipinski definition) is 1. The van der Waals surface area contributed by atoms with E-state index >= 15 is 0 Å². The van der Waals surface area contributed by atoms with Crippen LogP contribution in [-0.2, 0) is 0 Å². The summed E-state index contributed by atoms with van der Waals surface area (Å²) < 4.78 is 6.26. The molecule has 0 amide bonds. The number of rotatable bonds is 2. The van der Waals surface area contributed by atoms with E-state index in [4.69, 9.17) is 4.74 Å². The molecule has 118 valence electrons. The quantitative estimate of drug-likeness (QED) is 0.637. The van der Waals surface area contributed by atoms with Crippen LogP contribution in [0.5, 0.6) is 11.5 Å². The van der Waals surface area contributed by atoms with Gasteiger partial charge in [0.25, 0.3) is 0 Å². The number of fused-ring (bicyclic) bond motifs is 2. The number of benzene rings is 2. The van der Waals surface area contributed by atoms with Gasteiger partial charge in [0.15, 0.2) is 5.78 Å². The number of phenols is 1. The van der Waals surface area contributed by atoms with Gasteiger partial charge in [-0.1, -0.05) is 12.1 Å². The van der Waals surface area contributed by atoms with Crippen molar-refractivity contribution in [3.8, 4) is 11.5 Å². The molecule has 0 unspecified atom stereocenters. The fraction of sp³-hybridized carbons (Fsp3) is 0.222. The third-order valence-corrected chi connectivity index (χ3v) is 5.12. The molecule has 23 heavy (non-hydrogen) atoms. The Balaban J connectivity index is 2.30. The molecule has 0 saturated heterocycles. The third-order valence-electron chi connectivity index (χ3n) is 3.75. The minimum Gasteiger partial charge on any atom is -0.506 e. The lowest BCUT2D eigenvalue weighted by atomic mass is 9.82. The fourth-order valence-electron chi connectivity index (χ4n) is 2.76. The Labute approximate surface area is 147 Å². The minimum atomic E-state index is -0.374. The summed E-state index contributed by atoms with van der Waals surface area (Å²) in [6.07, 6.45) is -0.127. The van der Waals surface area contributed by atoms with E-state index in [0.717, 1.165) is 5.56 Å². The van der Waals surface area contributed by atoms with Crippen molar-refractivity contribution in [1.82, 2.24) is 0 Å². The maximum Gasteiger partial charge on any atom is 0.202 e. The molecule has 3 rings (SSSR count). The molecule has 0 heterocycles. The minimum absolute atomic E-state index is 0.0670. The number of phenolic OH excluding ortho intramolecular Hbond substituents is 1. The Kier molecular flexibility index (Phi) is 3.91. The highest BCUT2D eigenvalue weighted by atomic mass is 127. The average molecular weight is 422 g/mol. The maximum absolute atomic E-state index is 12.9. The lowest BCUT2D eigenvalue weighted by molar-refractivity contribution is 0.0971. The van der Waals surface area contributed by atoms with Crippen molar-refractivity contribution < 1.29 is 19.4 Å². The van der Waals surface area contributed by atoms with Gasteiger partial charge in [-0.25, -0.2) is 0 Å². The Bertz CT molecular complexity index is 853. The zero-order valence-corrected chi connectivity index (χ0v) is 15.1. The molecule has 0 radical (unpaired) electrons. The van der Waals surface area contributed by atoms with Crippen LogP contribution in [0.1, 0.15) is 51.3 Å². The van der Waals surface area contributed by atoms with E-state index in [1.165, 1.54) is 0 Å². The summed E-state index contributed by atoms with van der Waals surface area (Å²) in [6.45, 7) is 5.51. The molecule has 4 nitrogen and oxygen atoms in total. The summed E-state index contributed by atoms with van der Waals surface area (Å²) in [7, 11) is 0. The molecule has 0 aromatic heterocycles. The second kappa shape index (κ2) is 5.63. The van der Waals surface area contributed by atoms with Crippen molar-refractivity contribution in [2.45, 2.75) is 26.9 Å². The van der Waals surface area contributed by atoms with E-state index in [1.54, 1.807) is 31.2 Å². The number of halogens is 1. The van der Waals surface area contributed by atoms with Crippen LogP contribution in [0.3, 0.4) is 0 Å². The van der Waals surface area contributed by atoms with Gasteiger partial charge in [-0.2, -0.15) is 0 Å². The first-order valence-corrected chi connectivity index (χ1v) is 8.32. The normalized spacial score (nSPS) is 13.1. The fourth-order valence-corrected chi connectivity index (χ4v) is 3.19. The van der Waals surface area contributed by atoms with E-state index in [9.17, 15) is 14.7 Å². The SMILES string of the molecule is Cc1cc2c(c(O)c1I)C(=O)c1c(OC(C)C)cccc1C2=O. The van der Waals surface area contributed by atoms with E-state index in [1.807, 2.05) is 36.4 Å². The second-order valence-corrected chi connectivity index (χ2v) is 6.86. The van der Waals surface area contributed by atoms with Crippen LogP contribution < -0.4 is 4.74 Å². The smallest absolute Gasteiger partial charge is 0.202 e. The van der Waals surface area contributed by atoms with Crippen molar-refractivity contribution in [3.63, 3.8) is 0 Å². The lowest BCUT2D eigenvalue weighted by Crippen LogP contribution is -2.23. The van der Waals surface area contributed by atoms with Gasteiger partial charge in [0.05, 0.1) is 20.8 Å². The zero-order valence-electron chi connectivity index (χ0n) is 12.9. The topological polar surface area (TPSA) is 63.6 Å². The van der Waals surface area contributed by atoms with Crippen LogP contribution in [0.15, 0.2) is 24.3 Å². The first-order valence-electron chi connectivity index (χ1n) is 7.24. The molecule has 0 bridgehead atoms. The Morgan fingerprint density at radius 3 is 2.43 bits per heavy atom. The van der Waals surface area contributed by atoms with E-state index < -0.39 is 0 Å². The largest absolute Gasteiger partial charge is 0.506 e. The van der Waals surface area contributed by atoms with Crippen molar-refractivity contribution >= 4 is 34.2 Å². The lowest BCUT2D eigenvalue weighted by Gasteiger charge is -2.23. The van der Waals surface area contributed by atoms with Gasteiger partial charge in [-0.15, -0.1) is 0 Å². The molecule has 2 aromatic rings. The highest BCUT2D eigenvalue weighted by Crippen LogP contribution is 2.40. The van der Waals surface area contributed by atoms with Gasteiger partial charge in [-0.3, -0.25) is 9.59 Å². The molecule has 0 spiro atoms. The van der Waals surface area contributed by atoms with Gasteiger partial charge in [0.2, 0.25) is 5.78 Å². The molecule has 1 N–H and O–H groups in total. The predicted octanol–water partition coefficient (Wildman–Crippen LogP) is 3.87. The second-order valence-electron chi connectivity index (χ2n) is 5.78. The van der Waals surface area contributed by atoms with Crippen LogP contribution in [-0.4, -0.2) is 22.8 Å². The summed E-state index contributed by atoms with van der Waals surface area (Å²) in [5.74, 6) is -0.402. The molecule has 0 aliphatic heterocycles. The van der Waals surface area contributed by atoms with Gasteiger partial charge in [0.1, 0.15) is 11.5 Å². The number of aromatic hydroxyl groups is 1. The highest BCUT2D eigenvalue weighted by molar-refractivity contribution is 14.1. The van der Waals surface area contributed by atoms with Crippen LogP contribution in [0.4, 0.5) is 0 Å². The number of carbonyl (C=O) groups excluding carboxylic acids is 2. The van der Waals surface area contributed by atoms with Crippen LogP contribution in [0.25, 0.3) is 0 Å². The molecule has 1 aliphatic rings. The van der Waals surface area contributed by atoms with Crippen molar-refractivity contribution in [2.24, 2.45) is 0 Å². The first kappa shape index (κ1) is 16.0. The maximum atomic E-state index is 12.9. The van der Waals surface area contributed by atoms with E-state index in [0.29, 0.717) is 14.9 Å². The third kappa shape index (κ3) is 2.43. The Hall–Kier alpha value is -1.89. The van der Waals surface area contributed by atoms with E-state index in [2.05, 4.69) is 0 Å². The summed E-state index contributed by atoms with van der Waals surface area (Å²) in [6, 6.07) is 6.66. The predicted molar refractivity (Wildman–Crippen MR) is 94.6 cm³/mol. The van der Waals surface area contributed by atoms with Crippen molar-refractivity contribution in [1.29, 1.82) is 0 Å². The first-order chi connectivity index (χ1) is 10.8.